The monoisotopic (exact) mass is 206 g/mol. The smallest absolute Gasteiger partial charge is 0.316 e. The van der Waals surface area contributed by atoms with E-state index in [4.69, 9.17) is 10.2 Å². The quantitative estimate of drug-likeness (QED) is 0.617. The van der Waals surface area contributed by atoms with E-state index in [1.165, 1.54) is 11.8 Å². The molecule has 76 valence electrons. The second kappa shape index (κ2) is 6.77. The Kier molecular flexibility index (Phi) is 6.40. The van der Waals surface area contributed by atoms with Crippen molar-refractivity contribution in [2.75, 3.05) is 5.75 Å². The molecule has 0 saturated heterocycles. The van der Waals surface area contributed by atoms with Crippen molar-refractivity contribution < 1.29 is 19.8 Å². The summed E-state index contributed by atoms with van der Waals surface area (Å²) in [6, 6.07) is 0. The minimum atomic E-state index is -0.830. The summed E-state index contributed by atoms with van der Waals surface area (Å²) in [5, 5.41) is 16.6. The summed E-state index contributed by atoms with van der Waals surface area (Å²) in [4.78, 5) is 20.6. The molecule has 1 atom stereocenters. The third kappa shape index (κ3) is 6.45. The first-order valence-electron chi connectivity index (χ1n) is 4.14. The molecule has 0 aromatic heterocycles. The maximum Gasteiger partial charge on any atom is 0.316 e. The van der Waals surface area contributed by atoms with Gasteiger partial charge in [0, 0.05) is 6.42 Å². The number of hydrogen-bond donors (Lipinski definition) is 2. The van der Waals surface area contributed by atoms with Crippen molar-refractivity contribution in [3.63, 3.8) is 0 Å². The Balaban J connectivity index is 3.50. The number of thioether (sulfide) groups is 1. The largest absolute Gasteiger partial charge is 0.481 e. The zero-order valence-electron chi connectivity index (χ0n) is 7.52. The van der Waals surface area contributed by atoms with Gasteiger partial charge in [-0.25, -0.2) is 0 Å². The molecule has 0 bridgehead atoms. The molecule has 0 heterocycles. The molecule has 0 aliphatic heterocycles. The molecule has 0 saturated carbocycles. The number of hydrogen-bond acceptors (Lipinski definition) is 3. The third-order valence-electron chi connectivity index (χ3n) is 1.50. The molecule has 0 aliphatic rings. The topological polar surface area (TPSA) is 74.6 Å². The lowest BCUT2D eigenvalue weighted by atomic mass is 10.3. The molecule has 0 radical (unpaired) electrons. The SMILES string of the molecule is CCC(SCCCC(=O)O)C(=O)O. The maximum atomic E-state index is 10.5. The van der Waals surface area contributed by atoms with Gasteiger partial charge in [0.25, 0.3) is 0 Å². The fraction of sp³-hybridized carbons (Fsp3) is 0.750. The summed E-state index contributed by atoms with van der Waals surface area (Å²) in [6.07, 6.45) is 1.22. The highest BCUT2D eigenvalue weighted by molar-refractivity contribution is 8.00. The zero-order valence-corrected chi connectivity index (χ0v) is 8.34. The summed E-state index contributed by atoms with van der Waals surface area (Å²) in [5.74, 6) is -1.05. The Morgan fingerprint density at radius 3 is 2.38 bits per heavy atom. The highest BCUT2D eigenvalue weighted by Gasteiger charge is 2.14. The minimum Gasteiger partial charge on any atom is -0.481 e. The van der Waals surface area contributed by atoms with Gasteiger partial charge < -0.3 is 10.2 Å². The number of carboxylic acid groups (broad SMARTS) is 2. The van der Waals surface area contributed by atoms with E-state index >= 15 is 0 Å². The predicted molar refractivity (Wildman–Crippen MR) is 51.0 cm³/mol. The summed E-state index contributed by atoms with van der Waals surface area (Å²) in [5.41, 5.74) is 0. The van der Waals surface area contributed by atoms with Crippen LogP contribution in [0.2, 0.25) is 0 Å². The van der Waals surface area contributed by atoms with Gasteiger partial charge in [0.05, 0.1) is 0 Å². The van der Waals surface area contributed by atoms with Crippen LogP contribution in [0.25, 0.3) is 0 Å². The van der Waals surface area contributed by atoms with Crippen molar-refractivity contribution in [2.24, 2.45) is 0 Å². The van der Waals surface area contributed by atoms with E-state index in [1.54, 1.807) is 0 Å². The van der Waals surface area contributed by atoms with E-state index in [0.717, 1.165) is 0 Å². The van der Waals surface area contributed by atoms with Gasteiger partial charge in [0.15, 0.2) is 0 Å². The Morgan fingerprint density at radius 2 is 2.00 bits per heavy atom. The first-order chi connectivity index (χ1) is 6.07. The van der Waals surface area contributed by atoms with Crippen LogP contribution in [0.3, 0.4) is 0 Å². The van der Waals surface area contributed by atoms with Crippen molar-refractivity contribution in [1.29, 1.82) is 0 Å². The molecule has 0 amide bonds. The molecular formula is C8H14O4S. The summed E-state index contributed by atoms with van der Waals surface area (Å²) >= 11 is 1.31. The number of carbonyl (C=O) groups is 2. The lowest BCUT2D eigenvalue weighted by molar-refractivity contribution is -0.137. The van der Waals surface area contributed by atoms with Gasteiger partial charge in [-0.2, -0.15) is 0 Å². The van der Waals surface area contributed by atoms with Crippen molar-refractivity contribution in [2.45, 2.75) is 31.4 Å². The van der Waals surface area contributed by atoms with E-state index in [1.807, 2.05) is 6.92 Å². The standard InChI is InChI=1S/C8H14O4S/c1-2-6(8(11)12)13-5-3-4-7(9)10/h6H,2-5H2,1H3,(H,9,10)(H,11,12). The first-order valence-corrected chi connectivity index (χ1v) is 5.19. The molecule has 0 aliphatic carbocycles. The molecule has 1 unspecified atom stereocenters. The van der Waals surface area contributed by atoms with Crippen LogP contribution >= 0.6 is 11.8 Å². The van der Waals surface area contributed by atoms with Gasteiger partial charge in [0.1, 0.15) is 5.25 Å². The molecule has 13 heavy (non-hydrogen) atoms. The average Bonchev–Trinajstić information content (AvgIpc) is 2.03. The summed E-state index contributed by atoms with van der Waals surface area (Å²) in [6.45, 7) is 1.81. The first kappa shape index (κ1) is 12.3. The van der Waals surface area contributed by atoms with Crippen molar-refractivity contribution in [3.8, 4) is 0 Å². The predicted octanol–water partition coefficient (Wildman–Crippen LogP) is 1.45. The molecule has 0 fully saturated rings. The number of carboxylic acids is 2. The number of rotatable bonds is 7. The Labute approximate surface area is 81.3 Å². The maximum absolute atomic E-state index is 10.5. The molecule has 0 aromatic rings. The molecule has 4 nitrogen and oxygen atoms in total. The van der Waals surface area contributed by atoms with Crippen molar-refractivity contribution in [1.82, 2.24) is 0 Å². The van der Waals surface area contributed by atoms with Gasteiger partial charge in [-0.1, -0.05) is 6.92 Å². The Hall–Kier alpha value is -0.710. The van der Waals surface area contributed by atoms with Crippen LogP contribution in [-0.4, -0.2) is 33.2 Å². The van der Waals surface area contributed by atoms with Crippen LogP contribution in [0.4, 0.5) is 0 Å². The highest BCUT2D eigenvalue weighted by atomic mass is 32.2. The minimum absolute atomic E-state index is 0.114. The van der Waals surface area contributed by atoms with E-state index in [2.05, 4.69) is 0 Å². The zero-order chi connectivity index (χ0) is 10.3. The second-order valence-electron chi connectivity index (χ2n) is 2.60. The van der Waals surface area contributed by atoms with Crippen molar-refractivity contribution in [3.05, 3.63) is 0 Å². The van der Waals surface area contributed by atoms with Gasteiger partial charge in [-0.15, -0.1) is 11.8 Å². The van der Waals surface area contributed by atoms with E-state index < -0.39 is 17.2 Å². The van der Waals surface area contributed by atoms with Gasteiger partial charge >= 0.3 is 11.9 Å². The molecule has 0 rings (SSSR count). The summed E-state index contributed by atoms with van der Waals surface area (Å²) < 4.78 is 0. The fourth-order valence-corrected chi connectivity index (χ4v) is 1.79. The van der Waals surface area contributed by atoms with Crippen LogP contribution in [0.15, 0.2) is 0 Å². The van der Waals surface area contributed by atoms with E-state index in [0.29, 0.717) is 18.6 Å². The van der Waals surface area contributed by atoms with E-state index in [9.17, 15) is 9.59 Å². The Morgan fingerprint density at radius 1 is 1.38 bits per heavy atom. The van der Waals surface area contributed by atoms with Crippen LogP contribution in [0.1, 0.15) is 26.2 Å². The van der Waals surface area contributed by atoms with Crippen LogP contribution in [0.5, 0.6) is 0 Å². The lowest BCUT2D eigenvalue weighted by Gasteiger charge is -2.07. The molecular weight excluding hydrogens is 192 g/mol. The molecule has 0 spiro atoms. The average molecular weight is 206 g/mol. The van der Waals surface area contributed by atoms with E-state index in [-0.39, 0.29) is 6.42 Å². The van der Waals surface area contributed by atoms with Crippen LogP contribution in [-0.2, 0) is 9.59 Å². The molecule has 2 N–H and O–H groups in total. The fourth-order valence-electron chi connectivity index (χ4n) is 0.813. The summed E-state index contributed by atoms with van der Waals surface area (Å²) in [7, 11) is 0. The number of aliphatic carboxylic acids is 2. The second-order valence-corrected chi connectivity index (χ2v) is 3.91. The lowest BCUT2D eigenvalue weighted by Crippen LogP contribution is -2.15. The van der Waals surface area contributed by atoms with Gasteiger partial charge in [0.2, 0.25) is 0 Å². The third-order valence-corrected chi connectivity index (χ3v) is 2.96. The Bertz CT molecular complexity index is 181. The highest BCUT2D eigenvalue weighted by Crippen LogP contribution is 2.16. The van der Waals surface area contributed by atoms with Crippen LogP contribution in [0, 0.1) is 0 Å². The van der Waals surface area contributed by atoms with Crippen LogP contribution < -0.4 is 0 Å². The van der Waals surface area contributed by atoms with Crippen molar-refractivity contribution >= 4 is 23.7 Å². The molecule has 0 aromatic carbocycles. The molecule has 5 heteroatoms. The van der Waals surface area contributed by atoms with Gasteiger partial charge in [-0.05, 0) is 18.6 Å². The normalized spacial score (nSPS) is 12.4. The van der Waals surface area contributed by atoms with Gasteiger partial charge in [-0.3, -0.25) is 9.59 Å².